The van der Waals surface area contributed by atoms with E-state index in [1.54, 1.807) is 28.4 Å². The van der Waals surface area contributed by atoms with Gasteiger partial charge in [0.25, 0.3) is 0 Å². The molecule has 0 unspecified atom stereocenters. The zero-order valence-electron chi connectivity index (χ0n) is 15.5. The number of carboxylic acid groups (broad SMARTS) is 1. The lowest BCUT2D eigenvalue weighted by atomic mass is 9.98. The second-order valence-corrected chi connectivity index (χ2v) is 8.80. The molecular formula is C19H24N2O4S. The molecule has 1 amide bonds. The Balaban J connectivity index is 1.72. The number of ether oxygens (including phenoxy) is 1. The second-order valence-electron chi connectivity index (χ2n) is 7.74. The molecule has 0 spiro atoms. The summed E-state index contributed by atoms with van der Waals surface area (Å²) in [5.41, 5.74) is 1.57. The van der Waals surface area contributed by atoms with Crippen molar-refractivity contribution in [1.29, 1.82) is 0 Å². The highest BCUT2D eigenvalue weighted by molar-refractivity contribution is 7.18. The number of carbonyl (C=O) groups excluding carboxylic acids is 1. The van der Waals surface area contributed by atoms with E-state index in [9.17, 15) is 14.7 Å². The summed E-state index contributed by atoms with van der Waals surface area (Å²) in [7, 11) is 0. The summed E-state index contributed by atoms with van der Waals surface area (Å²) >= 11 is 1.56. The summed E-state index contributed by atoms with van der Waals surface area (Å²) in [6.45, 7) is 8.79. The van der Waals surface area contributed by atoms with Gasteiger partial charge in [-0.25, -0.2) is 14.6 Å². The van der Waals surface area contributed by atoms with Gasteiger partial charge in [0.15, 0.2) is 0 Å². The highest BCUT2D eigenvalue weighted by Crippen LogP contribution is 2.35. The van der Waals surface area contributed by atoms with Gasteiger partial charge in [0.1, 0.15) is 5.60 Å². The largest absolute Gasteiger partial charge is 0.478 e. The van der Waals surface area contributed by atoms with Crippen LogP contribution in [-0.4, -0.2) is 45.7 Å². The summed E-state index contributed by atoms with van der Waals surface area (Å²) in [6.07, 6.45) is 1.41. The van der Waals surface area contributed by atoms with E-state index in [0.717, 1.165) is 33.6 Å². The number of amides is 1. The quantitative estimate of drug-likeness (QED) is 0.839. The highest BCUT2D eigenvalue weighted by Gasteiger charge is 2.29. The fraction of sp³-hybridized carbons (Fsp3) is 0.526. The Hall–Kier alpha value is -2.15. The van der Waals surface area contributed by atoms with E-state index >= 15 is 0 Å². The smallest absolute Gasteiger partial charge is 0.410 e. The summed E-state index contributed by atoms with van der Waals surface area (Å²) in [5.74, 6) is -0.630. The number of carboxylic acids is 1. The Morgan fingerprint density at radius 3 is 2.50 bits per heavy atom. The first-order chi connectivity index (χ1) is 12.1. The predicted molar refractivity (Wildman–Crippen MR) is 101 cm³/mol. The lowest BCUT2D eigenvalue weighted by molar-refractivity contribution is 0.0204. The van der Waals surface area contributed by atoms with Gasteiger partial charge < -0.3 is 14.7 Å². The van der Waals surface area contributed by atoms with Crippen LogP contribution in [0.5, 0.6) is 0 Å². The Kier molecular flexibility index (Phi) is 4.92. The maximum atomic E-state index is 12.2. The van der Waals surface area contributed by atoms with Gasteiger partial charge in [-0.15, -0.1) is 11.3 Å². The molecule has 1 saturated heterocycles. The molecule has 26 heavy (non-hydrogen) atoms. The number of aryl methyl sites for hydroxylation is 1. The third kappa shape index (κ3) is 3.98. The Morgan fingerprint density at radius 2 is 1.92 bits per heavy atom. The van der Waals surface area contributed by atoms with Gasteiger partial charge in [0, 0.05) is 19.0 Å². The van der Waals surface area contributed by atoms with Crippen LogP contribution in [0.4, 0.5) is 4.79 Å². The van der Waals surface area contributed by atoms with Gasteiger partial charge >= 0.3 is 12.1 Å². The van der Waals surface area contributed by atoms with Crippen LogP contribution >= 0.6 is 11.3 Å². The average molecular weight is 376 g/mol. The number of carbonyl (C=O) groups is 2. The molecule has 6 nitrogen and oxygen atoms in total. The molecule has 2 aromatic rings. The van der Waals surface area contributed by atoms with Crippen LogP contribution in [0.25, 0.3) is 10.2 Å². The molecule has 0 aliphatic carbocycles. The van der Waals surface area contributed by atoms with Crippen molar-refractivity contribution in [2.45, 2.75) is 52.1 Å². The fourth-order valence-electron chi connectivity index (χ4n) is 3.15. The van der Waals surface area contributed by atoms with Crippen LogP contribution in [0.1, 0.15) is 60.5 Å². The van der Waals surface area contributed by atoms with Crippen molar-refractivity contribution >= 4 is 33.6 Å². The van der Waals surface area contributed by atoms with Crippen molar-refractivity contribution in [2.24, 2.45) is 0 Å². The fourth-order valence-corrected chi connectivity index (χ4v) is 4.40. The zero-order chi connectivity index (χ0) is 19.1. The second kappa shape index (κ2) is 6.87. The molecule has 7 heteroatoms. The Bertz CT molecular complexity index is 845. The summed E-state index contributed by atoms with van der Waals surface area (Å²) in [4.78, 5) is 29.9. The molecule has 0 atom stereocenters. The van der Waals surface area contributed by atoms with Gasteiger partial charge in [-0.1, -0.05) is 0 Å². The molecule has 1 aliphatic rings. The number of likely N-dealkylation sites (tertiary alicyclic amines) is 1. The number of thiazole rings is 1. The number of fused-ring (bicyclic) bond motifs is 1. The number of rotatable bonds is 2. The molecule has 0 bridgehead atoms. The van der Waals surface area contributed by atoms with Crippen molar-refractivity contribution in [3.8, 4) is 0 Å². The van der Waals surface area contributed by atoms with Crippen molar-refractivity contribution in [1.82, 2.24) is 9.88 Å². The van der Waals surface area contributed by atoms with E-state index in [4.69, 9.17) is 9.72 Å². The van der Waals surface area contributed by atoms with Crippen LogP contribution in [0.3, 0.4) is 0 Å². The number of hydrogen-bond donors (Lipinski definition) is 1. The minimum absolute atomic E-state index is 0.262. The molecule has 0 radical (unpaired) electrons. The summed E-state index contributed by atoms with van der Waals surface area (Å²) in [5, 5.41) is 10.2. The number of benzene rings is 1. The summed E-state index contributed by atoms with van der Waals surface area (Å²) < 4.78 is 6.35. The van der Waals surface area contributed by atoms with Gasteiger partial charge in [0.05, 0.1) is 20.8 Å². The molecule has 1 aromatic carbocycles. The number of piperidine rings is 1. The third-order valence-electron chi connectivity index (χ3n) is 4.44. The highest BCUT2D eigenvalue weighted by atomic mass is 32.1. The minimum atomic E-state index is -0.921. The van der Waals surface area contributed by atoms with E-state index < -0.39 is 11.6 Å². The monoisotopic (exact) mass is 376 g/mol. The third-order valence-corrected chi connectivity index (χ3v) is 5.61. The molecule has 0 saturated carbocycles. The normalized spacial score (nSPS) is 16.1. The van der Waals surface area contributed by atoms with Crippen molar-refractivity contribution in [3.63, 3.8) is 0 Å². The van der Waals surface area contributed by atoms with E-state index in [0.29, 0.717) is 24.6 Å². The van der Waals surface area contributed by atoms with Crippen LogP contribution < -0.4 is 0 Å². The molecule has 3 rings (SSSR count). The van der Waals surface area contributed by atoms with Crippen molar-refractivity contribution < 1.29 is 19.4 Å². The lowest BCUT2D eigenvalue weighted by Gasteiger charge is -2.32. The SMILES string of the molecule is Cc1cc(C(=O)O)cc2sc(C3CCN(C(=O)OC(C)(C)C)CC3)nc12. The van der Waals surface area contributed by atoms with Crippen LogP contribution in [-0.2, 0) is 4.74 Å². The van der Waals surface area contributed by atoms with Gasteiger partial charge in [-0.2, -0.15) is 0 Å². The first kappa shape index (κ1) is 18.6. The van der Waals surface area contributed by atoms with Crippen molar-refractivity contribution in [3.05, 3.63) is 28.3 Å². The maximum absolute atomic E-state index is 12.2. The zero-order valence-corrected chi connectivity index (χ0v) is 16.4. The van der Waals surface area contributed by atoms with E-state index in [1.165, 1.54) is 0 Å². The van der Waals surface area contributed by atoms with Crippen molar-refractivity contribution in [2.75, 3.05) is 13.1 Å². The number of aromatic nitrogens is 1. The summed E-state index contributed by atoms with van der Waals surface area (Å²) in [6, 6.07) is 3.36. The topological polar surface area (TPSA) is 79.7 Å². The van der Waals surface area contributed by atoms with Crippen LogP contribution in [0, 0.1) is 6.92 Å². The van der Waals surface area contributed by atoms with Gasteiger partial charge in [-0.3, -0.25) is 0 Å². The van der Waals surface area contributed by atoms with Gasteiger partial charge in [-0.05, 0) is 58.2 Å². The Labute approximate surface area is 156 Å². The van der Waals surface area contributed by atoms with Crippen LogP contribution in [0.2, 0.25) is 0 Å². The standard InChI is InChI=1S/C19H24N2O4S/c1-11-9-13(17(22)23)10-14-15(11)20-16(26-14)12-5-7-21(8-6-12)18(24)25-19(2,3)4/h9-10,12H,5-8H2,1-4H3,(H,22,23). The molecule has 1 N–H and O–H groups in total. The molecule has 140 valence electrons. The Morgan fingerprint density at radius 1 is 1.27 bits per heavy atom. The van der Waals surface area contributed by atoms with E-state index in [2.05, 4.69) is 0 Å². The minimum Gasteiger partial charge on any atom is -0.478 e. The maximum Gasteiger partial charge on any atom is 0.410 e. The lowest BCUT2D eigenvalue weighted by Crippen LogP contribution is -2.41. The van der Waals surface area contributed by atoms with E-state index in [-0.39, 0.29) is 6.09 Å². The first-order valence-electron chi connectivity index (χ1n) is 8.76. The van der Waals surface area contributed by atoms with Gasteiger partial charge in [0.2, 0.25) is 0 Å². The number of hydrogen-bond acceptors (Lipinski definition) is 5. The predicted octanol–water partition coefficient (Wildman–Crippen LogP) is 4.42. The number of nitrogens with zero attached hydrogens (tertiary/aromatic N) is 2. The molecule has 1 aliphatic heterocycles. The van der Waals surface area contributed by atoms with E-state index in [1.807, 2.05) is 27.7 Å². The molecule has 2 heterocycles. The molecule has 1 aromatic heterocycles. The number of aromatic carboxylic acids is 1. The van der Waals surface area contributed by atoms with Crippen LogP contribution in [0.15, 0.2) is 12.1 Å². The molecule has 1 fully saturated rings. The first-order valence-corrected chi connectivity index (χ1v) is 9.58. The molecular weight excluding hydrogens is 352 g/mol. The average Bonchev–Trinajstić information content (AvgIpc) is 2.98.